The van der Waals surface area contributed by atoms with Crippen LogP contribution in [0.5, 0.6) is 0 Å². The van der Waals surface area contributed by atoms with Crippen molar-refractivity contribution in [2.45, 2.75) is 26.2 Å². The number of nitrogens with one attached hydrogen (secondary N) is 1. The number of hydrogen-bond donors (Lipinski definition) is 1. The fourth-order valence-corrected chi connectivity index (χ4v) is 2.63. The molecule has 0 radical (unpaired) electrons. The van der Waals surface area contributed by atoms with Crippen molar-refractivity contribution >= 4 is 11.8 Å². The van der Waals surface area contributed by atoms with Crippen molar-refractivity contribution in [2.75, 3.05) is 19.6 Å². The molecule has 0 spiro atoms. The zero-order valence-corrected chi connectivity index (χ0v) is 10.3. The molecular weight excluding hydrogens is 216 g/mol. The summed E-state index contributed by atoms with van der Waals surface area (Å²) in [7, 11) is 0. The first-order chi connectivity index (χ1) is 8.25. The molecule has 0 aromatic heterocycles. The van der Waals surface area contributed by atoms with Gasteiger partial charge in [-0.15, -0.1) is 0 Å². The Labute approximate surface area is 102 Å². The minimum Gasteiger partial charge on any atom is -0.317 e. The Balaban J connectivity index is 1.91. The summed E-state index contributed by atoms with van der Waals surface area (Å²) in [6.07, 6.45) is 6.36. The highest BCUT2D eigenvalue weighted by Crippen LogP contribution is 2.34. The number of rotatable bonds is 5. The molecule has 2 rings (SSSR count). The predicted octanol–water partition coefficient (Wildman–Crippen LogP) is 0.937. The third kappa shape index (κ3) is 2.41. The topological polar surface area (TPSA) is 49.4 Å². The van der Waals surface area contributed by atoms with Gasteiger partial charge in [0, 0.05) is 6.54 Å². The molecule has 2 unspecified atom stereocenters. The average molecular weight is 236 g/mol. The highest BCUT2D eigenvalue weighted by atomic mass is 16.2. The number of allylic oxidation sites excluding steroid dienone is 2. The summed E-state index contributed by atoms with van der Waals surface area (Å²) in [4.78, 5) is 25.6. The van der Waals surface area contributed by atoms with Crippen LogP contribution in [0.15, 0.2) is 12.2 Å². The van der Waals surface area contributed by atoms with Crippen LogP contribution < -0.4 is 5.32 Å². The lowest BCUT2D eigenvalue weighted by Crippen LogP contribution is -2.33. The van der Waals surface area contributed by atoms with Crippen LogP contribution in [0.1, 0.15) is 26.2 Å². The van der Waals surface area contributed by atoms with Crippen molar-refractivity contribution in [3.05, 3.63) is 12.2 Å². The monoisotopic (exact) mass is 236 g/mol. The van der Waals surface area contributed by atoms with Gasteiger partial charge >= 0.3 is 0 Å². The van der Waals surface area contributed by atoms with Crippen molar-refractivity contribution < 1.29 is 9.59 Å². The summed E-state index contributed by atoms with van der Waals surface area (Å²) in [6, 6.07) is 0. The van der Waals surface area contributed by atoms with Crippen LogP contribution in [0.4, 0.5) is 0 Å². The van der Waals surface area contributed by atoms with Crippen LogP contribution >= 0.6 is 0 Å². The lowest BCUT2D eigenvalue weighted by atomic mass is 9.85. The quantitative estimate of drug-likeness (QED) is 0.439. The highest BCUT2D eigenvalue weighted by molar-refractivity contribution is 6.05. The molecule has 2 atom stereocenters. The van der Waals surface area contributed by atoms with E-state index in [0.717, 1.165) is 32.4 Å². The zero-order chi connectivity index (χ0) is 12.3. The molecule has 1 aliphatic heterocycles. The third-order valence-corrected chi connectivity index (χ3v) is 3.58. The number of likely N-dealkylation sites (tertiary alicyclic amines) is 1. The fourth-order valence-electron chi connectivity index (χ4n) is 2.63. The largest absolute Gasteiger partial charge is 0.317 e. The van der Waals surface area contributed by atoms with Crippen LogP contribution in [0.3, 0.4) is 0 Å². The van der Waals surface area contributed by atoms with Gasteiger partial charge in [-0.2, -0.15) is 0 Å². The predicted molar refractivity (Wildman–Crippen MR) is 65.2 cm³/mol. The number of fused-ring (bicyclic) bond motifs is 1. The van der Waals surface area contributed by atoms with E-state index >= 15 is 0 Å². The fraction of sp³-hybridized carbons (Fsp3) is 0.692. The number of imide groups is 1. The smallest absolute Gasteiger partial charge is 0.233 e. The Morgan fingerprint density at radius 2 is 1.82 bits per heavy atom. The van der Waals surface area contributed by atoms with E-state index < -0.39 is 0 Å². The van der Waals surface area contributed by atoms with E-state index in [0.29, 0.717) is 6.54 Å². The second kappa shape index (κ2) is 5.45. The lowest BCUT2D eigenvalue weighted by Gasteiger charge is -2.14. The van der Waals surface area contributed by atoms with Crippen molar-refractivity contribution in [3.63, 3.8) is 0 Å². The molecule has 17 heavy (non-hydrogen) atoms. The van der Waals surface area contributed by atoms with Gasteiger partial charge in [-0.3, -0.25) is 14.5 Å². The molecule has 1 aliphatic carbocycles. The summed E-state index contributed by atoms with van der Waals surface area (Å²) in [6.45, 7) is 4.41. The third-order valence-electron chi connectivity index (χ3n) is 3.58. The number of amides is 2. The van der Waals surface area contributed by atoms with Gasteiger partial charge < -0.3 is 5.32 Å². The van der Waals surface area contributed by atoms with E-state index in [2.05, 4.69) is 5.32 Å². The Morgan fingerprint density at radius 3 is 2.35 bits per heavy atom. The highest BCUT2D eigenvalue weighted by Gasteiger charge is 2.46. The van der Waals surface area contributed by atoms with Crippen molar-refractivity contribution in [1.82, 2.24) is 10.2 Å². The Hall–Kier alpha value is -1.16. The van der Waals surface area contributed by atoms with Crippen LogP contribution in [-0.2, 0) is 9.59 Å². The maximum absolute atomic E-state index is 12.1. The van der Waals surface area contributed by atoms with Crippen LogP contribution in [0.25, 0.3) is 0 Å². The van der Waals surface area contributed by atoms with Crippen molar-refractivity contribution in [2.24, 2.45) is 11.8 Å². The van der Waals surface area contributed by atoms with E-state index in [1.807, 2.05) is 19.1 Å². The molecule has 1 fully saturated rings. The first-order valence-electron chi connectivity index (χ1n) is 6.46. The summed E-state index contributed by atoms with van der Waals surface area (Å²) < 4.78 is 0. The summed E-state index contributed by atoms with van der Waals surface area (Å²) in [5.41, 5.74) is 0. The van der Waals surface area contributed by atoms with E-state index in [1.54, 1.807) is 0 Å². The molecule has 1 saturated heterocycles. The van der Waals surface area contributed by atoms with Gasteiger partial charge in [-0.1, -0.05) is 19.1 Å². The molecule has 2 amide bonds. The lowest BCUT2D eigenvalue weighted by molar-refractivity contribution is -0.139. The molecule has 4 heteroatoms. The van der Waals surface area contributed by atoms with Crippen LogP contribution in [0.2, 0.25) is 0 Å². The Bertz CT molecular complexity index is 312. The van der Waals surface area contributed by atoms with Crippen molar-refractivity contribution in [3.8, 4) is 0 Å². The Kier molecular flexibility index (Phi) is 3.94. The van der Waals surface area contributed by atoms with Gasteiger partial charge in [0.15, 0.2) is 0 Å². The van der Waals surface area contributed by atoms with E-state index in [4.69, 9.17) is 0 Å². The number of nitrogens with zero attached hydrogens (tertiary/aromatic N) is 1. The standard InChI is InChI=1S/C13H20N2O2/c1-2-14-8-5-9-15-12(16)10-6-3-4-7-11(10)13(15)17/h3-4,10-11,14H,2,5-9H2,1H3. The summed E-state index contributed by atoms with van der Waals surface area (Å²) in [5, 5.41) is 3.20. The van der Waals surface area contributed by atoms with Gasteiger partial charge in [0.2, 0.25) is 11.8 Å². The maximum Gasteiger partial charge on any atom is 0.233 e. The number of carbonyl (C=O) groups excluding carboxylic acids is 2. The molecular formula is C13H20N2O2. The van der Waals surface area contributed by atoms with Crippen molar-refractivity contribution in [1.29, 1.82) is 0 Å². The molecule has 2 aliphatic rings. The molecule has 0 saturated carbocycles. The average Bonchev–Trinajstić information content (AvgIpc) is 2.60. The summed E-state index contributed by atoms with van der Waals surface area (Å²) >= 11 is 0. The zero-order valence-electron chi connectivity index (χ0n) is 10.3. The number of carbonyl (C=O) groups is 2. The van der Waals surface area contributed by atoms with E-state index in [1.165, 1.54) is 4.90 Å². The minimum atomic E-state index is -0.0772. The Morgan fingerprint density at radius 1 is 1.24 bits per heavy atom. The molecule has 0 aromatic carbocycles. The van der Waals surface area contributed by atoms with Crippen LogP contribution in [0, 0.1) is 11.8 Å². The van der Waals surface area contributed by atoms with Gasteiger partial charge in [0.25, 0.3) is 0 Å². The van der Waals surface area contributed by atoms with E-state index in [-0.39, 0.29) is 23.7 Å². The molecule has 1 N–H and O–H groups in total. The maximum atomic E-state index is 12.1. The minimum absolute atomic E-state index is 0.0425. The molecule has 1 heterocycles. The van der Waals surface area contributed by atoms with Gasteiger partial charge in [0.05, 0.1) is 11.8 Å². The molecule has 4 nitrogen and oxygen atoms in total. The second-order valence-corrected chi connectivity index (χ2v) is 4.69. The second-order valence-electron chi connectivity index (χ2n) is 4.69. The first kappa shape index (κ1) is 12.3. The number of hydrogen-bond acceptors (Lipinski definition) is 3. The van der Waals surface area contributed by atoms with Gasteiger partial charge in [-0.05, 0) is 32.4 Å². The van der Waals surface area contributed by atoms with Gasteiger partial charge in [-0.25, -0.2) is 0 Å². The normalized spacial score (nSPS) is 27.7. The van der Waals surface area contributed by atoms with Gasteiger partial charge in [0.1, 0.15) is 0 Å². The summed E-state index contributed by atoms with van der Waals surface area (Å²) in [5.74, 6) is -0.0695. The molecule has 0 aromatic rings. The van der Waals surface area contributed by atoms with Crippen LogP contribution in [-0.4, -0.2) is 36.3 Å². The van der Waals surface area contributed by atoms with E-state index in [9.17, 15) is 9.59 Å². The molecule has 94 valence electrons. The molecule has 0 bridgehead atoms. The first-order valence-corrected chi connectivity index (χ1v) is 6.46. The SMILES string of the molecule is CCNCCCN1C(=O)C2CC=CCC2C1=O.